The molecule has 28 heavy (non-hydrogen) atoms. The lowest BCUT2D eigenvalue weighted by atomic mass is 9.81. The van der Waals surface area contributed by atoms with Crippen molar-refractivity contribution in [2.24, 2.45) is 5.10 Å². The molecule has 0 saturated carbocycles. The summed E-state index contributed by atoms with van der Waals surface area (Å²) in [4.78, 5) is 24.1. The van der Waals surface area contributed by atoms with Crippen LogP contribution in [0.4, 0.5) is 4.79 Å². The average Bonchev–Trinajstić information content (AvgIpc) is 3.11. The third-order valence-electron chi connectivity index (χ3n) is 4.71. The molecule has 0 spiro atoms. The van der Waals surface area contributed by atoms with Gasteiger partial charge >= 0.3 is 6.16 Å². The summed E-state index contributed by atoms with van der Waals surface area (Å²) in [5, 5.41) is 6.17. The van der Waals surface area contributed by atoms with E-state index in [9.17, 15) is 9.59 Å². The molecule has 1 aliphatic heterocycles. The van der Waals surface area contributed by atoms with Gasteiger partial charge in [0.1, 0.15) is 10.2 Å². The highest BCUT2D eigenvalue weighted by atomic mass is 127. The maximum Gasteiger partial charge on any atom is 0.509 e. The van der Waals surface area contributed by atoms with E-state index in [2.05, 4.69) is 5.10 Å². The average molecular weight is 492 g/mol. The van der Waals surface area contributed by atoms with E-state index in [0.717, 1.165) is 16.8 Å². The fourth-order valence-electron chi connectivity index (χ4n) is 3.47. The minimum absolute atomic E-state index is 0.117. The van der Waals surface area contributed by atoms with Crippen LogP contribution in [0, 0.1) is 0 Å². The number of carbonyl (C=O) groups is 2. The second-order valence-electron chi connectivity index (χ2n) is 6.42. The van der Waals surface area contributed by atoms with Crippen LogP contribution in [0.1, 0.15) is 30.9 Å². The number of ether oxygens (including phenoxy) is 2. The Bertz CT molecular complexity index is 857. The van der Waals surface area contributed by atoms with Crippen LogP contribution in [0.5, 0.6) is 0 Å². The lowest BCUT2D eigenvalue weighted by Gasteiger charge is -2.36. The Morgan fingerprint density at radius 3 is 2.32 bits per heavy atom. The number of benzene rings is 2. The summed E-state index contributed by atoms with van der Waals surface area (Å²) in [7, 11) is 0. The molecule has 0 aromatic heterocycles. The van der Waals surface area contributed by atoms with Crippen molar-refractivity contribution in [3.63, 3.8) is 0 Å². The molecule has 0 radical (unpaired) electrons. The first-order valence-corrected chi connectivity index (χ1v) is 10.4. The fourth-order valence-corrected chi connectivity index (χ4v) is 3.72. The van der Waals surface area contributed by atoms with E-state index in [1.165, 1.54) is 11.9 Å². The van der Waals surface area contributed by atoms with E-state index < -0.39 is 11.7 Å². The van der Waals surface area contributed by atoms with Crippen molar-refractivity contribution in [2.75, 3.05) is 11.2 Å². The molecule has 0 N–H and O–H groups in total. The topological polar surface area (TPSA) is 68.2 Å². The summed E-state index contributed by atoms with van der Waals surface area (Å²) in [5.74, 6) is -0.162. The molecule has 1 aliphatic rings. The van der Waals surface area contributed by atoms with E-state index in [0.29, 0.717) is 12.8 Å². The molecule has 0 bridgehead atoms. The van der Waals surface area contributed by atoms with E-state index in [1.807, 2.05) is 83.3 Å². The number of alkyl halides is 1. The van der Waals surface area contributed by atoms with E-state index in [-0.39, 0.29) is 17.1 Å². The summed E-state index contributed by atoms with van der Waals surface area (Å²) in [6, 6.07) is 19.5. The summed E-state index contributed by atoms with van der Waals surface area (Å²) in [6.45, 7) is 1.62. The molecule has 1 atom stereocenters. The lowest BCUT2D eigenvalue weighted by molar-refractivity contribution is -0.135. The predicted octanol–water partition coefficient (Wildman–Crippen LogP) is 4.47. The quantitative estimate of drug-likeness (QED) is 0.339. The van der Waals surface area contributed by atoms with Gasteiger partial charge in [0.05, 0.1) is 12.3 Å². The van der Waals surface area contributed by atoms with Crippen LogP contribution in [-0.4, -0.2) is 34.0 Å². The number of nitrogens with zero attached hydrogens (tertiary/aromatic N) is 2. The number of halogens is 1. The van der Waals surface area contributed by atoms with E-state index in [4.69, 9.17) is 9.47 Å². The smallest absolute Gasteiger partial charge is 0.434 e. The number of carbonyl (C=O) groups excluding carboxylic acids is 2. The highest BCUT2D eigenvalue weighted by Gasteiger charge is 2.46. The Balaban J connectivity index is 1.93. The Hall–Kier alpha value is -2.42. The molecule has 146 valence electrons. The maximum atomic E-state index is 12.5. The van der Waals surface area contributed by atoms with Gasteiger partial charge in [-0.1, -0.05) is 60.7 Å². The molecule has 1 amide bonds. The van der Waals surface area contributed by atoms with Crippen LogP contribution >= 0.6 is 22.6 Å². The van der Waals surface area contributed by atoms with Gasteiger partial charge in [0.25, 0.3) is 0 Å². The zero-order valence-electron chi connectivity index (χ0n) is 15.5. The first kappa shape index (κ1) is 20.3. The van der Waals surface area contributed by atoms with Crippen molar-refractivity contribution in [2.45, 2.75) is 25.3 Å². The first-order valence-electron chi connectivity index (χ1n) is 8.91. The summed E-state index contributed by atoms with van der Waals surface area (Å²) >= 11 is 1.93. The highest BCUT2D eigenvalue weighted by molar-refractivity contribution is 14.1. The molecule has 7 heteroatoms. The first-order chi connectivity index (χ1) is 13.6. The SMILES string of the molecule is CC(=O)N1N=C(c2ccccc2)CC1(CCOC(=O)OCI)c1ccccc1. The number of amides is 1. The molecule has 0 fully saturated rings. The van der Waals surface area contributed by atoms with Gasteiger partial charge in [0.15, 0.2) is 0 Å². The molecule has 2 aromatic carbocycles. The number of rotatable bonds is 6. The third kappa shape index (κ3) is 4.35. The van der Waals surface area contributed by atoms with Crippen molar-refractivity contribution in [1.82, 2.24) is 5.01 Å². The zero-order valence-corrected chi connectivity index (χ0v) is 17.7. The number of hydrogen-bond donors (Lipinski definition) is 0. The van der Waals surface area contributed by atoms with Crippen LogP contribution in [0.3, 0.4) is 0 Å². The van der Waals surface area contributed by atoms with Gasteiger partial charge in [-0.15, -0.1) is 0 Å². The Labute approximate surface area is 177 Å². The number of hydrogen-bond acceptors (Lipinski definition) is 5. The van der Waals surface area contributed by atoms with Crippen molar-refractivity contribution < 1.29 is 19.1 Å². The lowest BCUT2D eigenvalue weighted by Crippen LogP contribution is -2.43. The fraction of sp³-hybridized carbons (Fsp3) is 0.286. The van der Waals surface area contributed by atoms with Crippen molar-refractivity contribution in [3.05, 3.63) is 71.8 Å². The highest BCUT2D eigenvalue weighted by Crippen LogP contribution is 2.42. The van der Waals surface area contributed by atoms with E-state index >= 15 is 0 Å². The van der Waals surface area contributed by atoms with Crippen LogP contribution < -0.4 is 0 Å². The predicted molar refractivity (Wildman–Crippen MR) is 114 cm³/mol. The van der Waals surface area contributed by atoms with Gasteiger partial charge in [-0.2, -0.15) is 5.10 Å². The molecule has 2 aromatic rings. The molecule has 6 nitrogen and oxygen atoms in total. The third-order valence-corrected chi connectivity index (χ3v) is 5.02. The zero-order chi connectivity index (χ0) is 20.0. The summed E-state index contributed by atoms with van der Waals surface area (Å²) in [5.41, 5.74) is 2.03. The monoisotopic (exact) mass is 492 g/mol. The van der Waals surface area contributed by atoms with Gasteiger partial charge in [0, 0.05) is 19.8 Å². The second kappa shape index (κ2) is 9.18. The minimum Gasteiger partial charge on any atom is -0.434 e. The normalized spacial score (nSPS) is 18.5. The summed E-state index contributed by atoms with van der Waals surface area (Å²) < 4.78 is 10.3. The van der Waals surface area contributed by atoms with Gasteiger partial charge in [-0.25, -0.2) is 9.80 Å². The van der Waals surface area contributed by atoms with E-state index in [1.54, 1.807) is 0 Å². The van der Waals surface area contributed by atoms with Crippen molar-refractivity contribution in [1.29, 1.82) is 0 Å². The molecule has 1 heterocycles. The van der Waals surface area contributed by atoms with Crippen LogP contribution in [-0.2, 0) is 19.8 Å². The molecule has 0 aliphatic carbocycles. The molecular weight excluding hydrogens is 471 g/mol. The molecule has 3 rings (SSSR count). The van der Waals surface area contributed by atoms with Gasteiger partial charge in [0.2, 0.25) is 5.91 Å². The Morgan fingerprint density at radius 2 is 1.71 bits per heavy atom. The van der Waals surface area contributed by atoms with Crippen LogP contribution in [0.25, 0.3) is 0 Å². The van der Waals surface area contributed by atoms with Gasteiger partial charge in [-0.3, -0.25) is 4.79 Å². The molecule has 1 unspecified atom stereocenters. The second-order valence-corrected chi connectivity index (χ2v) is 7.04. The molecule has 0 saturated heterocycles. The molecular formula is C21H21IN2O4. The van der Waals surface area contributed by atoms with Crippen LogP contribution in [0.2, 0.25) is 0 Å². The standard InChI is InChI=1S/C21H21IN2O4/c1-16(25)24-21(18-10-6-3-7-11-18,12-13-27-20(26)28-15-22)14-19(23-24)17-8-4-2-5-9-17/h2-11H,12-15H2,1H3. The van der Waals surface area contributed by atoms with Crippen molar-refractivity contribution in [3.8, 4) is 0 Å². The van der Waals surface area contributed by atoms with Gasteiger partial charge in [-0.05, 0) is 33.7 Å². The minimum atomic E-state index is -0.719. The Kier molecular flexibility index (Phi) is 6.66. The Morgan fingerprint density at radius 1 is 1.07 bits per heavy atom. The largest absolute Gasteiger partial charge is 0.509 e. The van der Waals surface area contributed by atoms with Gasteiger partial charge < -0.3 is 9.47 Å². The van der Waals surface area contributed by atoms with Crippen molar-refractivity contribution >= 4 is 40.4 Å². The van der Waals surface area contributed by atoms with Crippen LogP contribution in [0.15, 0.2) is 65.8 Å². The maximum absolute atomic E-state index is 12.5. The number of hydrazone groups is 1. The summed E-state index contributed by atoms with van der Waals surface area (Å²) in [6.07, 6.45) is 0.229.